The molecule has 8 nitrogen and oxygen atoms in total. The highest BCUT2D eigenvalue weighted by Gasteiger charge is 2.32. The number of anilines is 1. The fourth-order valence-electron chi connectivity index (χ4n) is 3.62. The number of benzene rings is 1. The van der Waals surface area contributed by atoms with Crippen molar-refractivity contribution in [2.24, 2.45) is 0 Å². The van der Waals surface area contributed by atoms with Gasteiger partial charge in [0.15, 0.2) is 5.82 Å². The van der Waals surface area contributed by atoms with Crippen molar-refractivity contribution < 1.29 is 14.3 Å². The van der Waals surface area contributed by atoms with Gasteiger partial charge in [0.25, 0.3) is 0 Å². The number of carbonyl (C=O) groups is 2. The van der Waals surface area contributed by atoms with E-state index in [1.165, 1.54) is 6.92 Å². The number of rotatable bonds is 7. The van der Waals surface area contributed by atoms with Crippen molar-refractivity contribution in [2.75, 3.05) is 33.1 Å². The molecule has 1 aliphatic heterocycles. The molecule has 1 saturated heterocycles. The molecule has 2 amide bonds. The van der Waals surface area contributed by atoms with Crippen molar-refractivity contribution in [3.8, 4) is 5.75 Å². The fourth-order valence-corrected chi connectivity index (χ4v) is 3.62. The first-order valence-electron chi connectivity index (χ1n) is 10.1. The molecule has 2 aromatic rings. The van der Waals surface area contributed by atoms with Gasteiger partial charge in [0, 0.05) is 33.6 Å². The number of likely N-dealkylation sites (tertiary alicyclic amines) is 1. The Morgan fingerprint density at radius 2 is 2.10 bits per heavy atom. The van der Waals surface area contributed by atoms with E-state index in [1.54, 1.807) is 26.1 Å². The molecule has 0 saturated carbocycles. The molecule has 0 spiro atoms. The van der Waals surface area contributed by atoms with E-state index in [0.29, 0.717) is 31.2 Å². The maximum absolute atomic E-state index is 13.1. The van der Waals surface area contributed by atoms with Crippen LogP contribution in [0.15, 0.2) is 30.3 Å². The van der Waals surface area contributed by atoms with E-state index in [9.17, 15) is 9.59 Å². The molecule has 1 aromatic heterocycles. The summed E-state index contributed by atoms with van der Waals surface area (Å²) in [7, 11) is 5.15. The lowest BCUT2D eigenvalue weighted by atomic mass is 10.1. The maximum Gasteiger partial charge on any atom is 0.227 e. The van der Waals surface area contributed by atoms with Gasteiger partial charge in [-0.05, 0) is 30.5 Å². The van der Waals surface area contributed by atoms with E-state index in [4.69, 9.17) is 9.72 Å². The van der Waals surface area contributed by atoms with E-state index in [1.807, 2.05) is 35.2 Å². The first-order chi connectivity index (χ1) is 14.4. The number of hydrogen-bond acceptors (Lipinski definition) is 6. The van der Waals surface area contributed by atoms with Crippen molar-refractivity contribution in [1.82, 2.24) is 19.8 Å². The summed E-state index contributed by atoms with van der Waals surface area (Å²) in [6.07, 6.45) is 2.03. The van der Waals surface area contributed by atoms with Gasteiger partial charge in [0.05, 0.1) is 31.8 Å². The highest BCUT2D eigenvalue weighted by molar-refractivity contribution is 5.79. The number of carbonyl (C=O) groups excluding carboxylic acids is 2. The Labute approximate surface area is 177 Å². The molecule has 160 valence electrons. The second-order valence-corrected chi connectivity index (χ2v) is 7.50. The summed E-state index contributed by atoms with van der Waals surface area (Å²) in [5.74, 6) is 2.05. The number of nitrogens with one attached hydrogen (secondary N) is 1. The second kappa shape index (κ2) is 9.56. The first-order valence-corrected chi connectivity index (χ1v) is 10.1. The lowest BCUT2D eigenvalue weighted by Gasteiger charge is -2.25. The summed E-state index contributed by atoms with van der Waals surface area (Å²) >= 11 is 0. The van der Waals surface area contributed by atoms with Crippen molar-refractivity contribution in [2.45, 2.75) is 38.8 Å². The Morgan fingerprint density at radius 3 is 2.80 bits per heavy atom. The molecule has 30 heavy (non-hydrogen) atoms. The molecule has 1 fully saturated rings. The predicted molar refractivity (Wildman–Crippen MR) is 114 cm³/mol. The number of hydrogen-bond donors (Lipinski definition) is 1. The van der Waals surface area contributed by atoms with Gasteiger partial charge in [-0.1, -0.05) is 12.1 Å². The summed E-state index contributed by atoms with van der Waals surface area (Å²) < 4.78 is 5.26. The lowest BCUT2D eigenvalue weighted by Crippen LogP contribution is -2.33. The number of aromatic nitrogens is 2. The largest absolute Gasteiger partial charge is 0.497 e. The van der Waals surface area contributed by atoms with Crippen molar-refractivity contribution in [1.29, 1.82) is 0 Å². The van der Waals surface area contributed by atoms with Crippen LogP contribution in [0, 0.1) is 0 Å². The second-order valence-electron chi connectivity index (χ2n) is 7.50. The zero-order valence-electron chi connectivity index (χ0n) is 18.0. The molecule has 1 atom stereocenters. The molecule has 3 rings (SSSR count). The van der Waals surface area contributed by atoms with E-state index in [-0.39, 0.29) is 17.9 Å². The number of methoxy groups -OCH3 is 1. The molecule has 0 radical (unpaired) electrons. The van der Waals surface area contributed by atoms with Crippen molar-refractivity contribution in [3.05, 3.63) is 47.4 Å². The molecular formula is C22H29N5O3. The normalized spacial score (nSPS) is 15.7. The molecule has 1 aliphatic rings. The highest BCUT2D eigenvalue weighted by atomic mass is 16.5. The van der Waals surface area contributed by atoms with Crippen molar-refractivity contribution in [3.63, 3.8) is 0 Å². The zero-order chi connectivity index (χ0) is 21.7. The van der Waals surface area contributed by atoms with Gasteiger partial charge in [-0.25, -0.2) is 9.97 Å². The van der Waals surface area contributed by atoms with E-state index in [0.717, 1.165) is 29.8 Å². The van der Waals surface area contributed by atoms with Crippen LogP contribution in [0.3, 0.4) is 0 Å². The first kappa shape index (κ1) is 21.5. The topological polar surface area (TPSA) is 87.7 Å². The third-order valence-corrected chi connectivity index (χ3v) is 5.35. The van der Waals surface area contributed by atoms with Gasteiger partial charge in [0.2, 0.25) is 11.8 Å². The van der Waals surface area contributed by atoms with E-state index >= 15 is 0 Å². The van der Waals surface area contributed by atoms with Gasteiger partial charge < -0.3 is 19.9 Å². The molecule has 0 bridgehead atoms. The monoisotopic (exact) mass is 411 g/mol. The summed E-state index contributed by atoms with van der Waals surface area (Å²) in [6, 6.07) is 9.23. The standard InChI is InChI=1S/C22H29N5O3/c1-15(28)26(3)14-17-13-20(23-2)25-22(24-17)19-9-6-10-27(19)21(29)12-16-7-5-8-18(11-16)30-4/h5,7-8,11,13,19H,6,9-10,12,14H2,1-4H3,(H,23,24,25). The lowest BCUT2D eigenvalue weighted by molar-refractivity contribution is -0.131. The Morgan fingerprint density at radius 1 is 1.30 bits per heavy atom. The van der Waals surface area contributed by atoms with E-state index < -0.39 is 0 Å². The average molecular weight is 412 g/mol. The van der Waals surface area contributed by atoms with Crippen LogP contribution >= 0.6 is 0 Å². The minimum atomic E-state index is -0.169. The Kier molecular flexibility index (Phi) is 6.87. The van der Waals surface area contributed by atoms with E-state index in [2.05, 4.69) is 10.3 Å². The molecular weight excluding hydrogens is 382 g/mol. The Balaban J connectivity index is 1.81. The molecule has 8 heteroatoms. The maximum atomic E-state index is 13.1. The summed E-state index contributed by atoms with van der Waals surface area (Å²) in [4.78, 5) is 37.5. The van der Waals surface area contributed by atoms with Crippen LogP contribution in [-0.4, -0.2) is 59.3 Å². The fraction of sp³-hybridized carbons (Fsp3) is 0.455. The minimum Gasteiger partial charge on any atom is -0.497 e. The number of nitrogens with zero attached hydrogens (tertiary/aromatic N) is 4. The van der Waals surface area contributed by atoms with Crippen LogP contribution in [0.1, 0.15) is 42.9 Å². The third kappa shape index (κ3) is 5.06. The third-order valence-electron chi connectivity index (χ3n) is 5.35. The number of ether oxygens (including phenoxy) is 1. The van der Waals surface area contributed by atoms with Gasteiger partial charge in [-0.2, -0.15) is 0 Å². The van der Waals surface area contributed by atoms with Crippen molar-refractivity contribution >= 4 is 17.6 Å². The van der Waals surface area contributed by atoms with Crippen LogP contribution in [0.2, 0.25) is 0 Å². The molecule has 1 N–H and O–H groups in total. The zero-order valence-corrected chi connectivity index (χ0v) is 18.0. The Bertz CT molecular complexity index is 917. The number of amides is 2. The SMILES string of the molecule is CNc1cc(CN(C)C(C)=O)nc(C2CCCN2C(=O)Cc2cccc(OC)c2)n1. The quantitative estimate of drug-likeness (QED) is 0.753. The minimum absolute atomic E-state index is 0.0304. The highest BCUT2D eigenvalue weighted by Crippen LogP contribution is 2.31. The Hall–Kier alpha value is -3.16. The van der Waals surface area contributed by atoms with Crippen LogP contribution in [0.25, 0.3) is 0 Å². The molecule has 2 heterocycles. The molecule has 0 aliphatic carbocycles. The van der Waals surface area contributed by atoms with Crippen LogP contribution in [0.4, 0.5) is 5.82 Å². The molecule has 1 aromatic carbocycles. The van der Waals surface area contributed by atoms with Gasteiger partial charge in [0.1, 0.15) is 11.6 Å². The van der Waals surface area contributed by atoms with Gasteiger partial charge in [-0.3, -0.25) is 9.59 Å². The van der Waals surface area contributed by atoms with Gasteiger partial charge >= 0.3 is 0 Å². The van der Waals surface area contributed by atoms with Crippen LogP contribution in [0.5, 0.6) is 5.75 Å². The van der Waals surface area contributed by atoms with Gasteiger partial charge in [-0.15, -0.1) is 0 Å². The smallest absolute Gasteiger partial charge is 0.227 e. The summed E-state index contributed by atoms with van der Waals surface area (Å²) in [5.41, 5.74) is 1.66. The van der Waals surface area contributed by atoms with Crippen LogP contribution in [-0.2, 0) is 22.6 Å². The molecule has 1 unspecified atom stereocenters. The summed E-state index contributed by atoms with van der Waals surface area (Å²) in [6.45, 7) is 2.60. The predicted octanol–water partition coefficient (Wildman–Crippen LogP) is 2.41. The summed E-state index contributed by atoms with van der Waals surface area (Å²) in [5, 5.41) is 3.06. The van der Waals surface area contributed by atoms with Crippen LogP contribution < -0.4 is 10.1 Å². The average Bonchev–Trinajstić information content (AvgIpc) is 3.23.